The van der Waals surface area contributed by atoms with Gasteiger partial charge in [0.25, 0.3) is 5.56 Å². The minimum absolute atomic E-state index is 0.0379. The number of carbonyl (C=O) groups is 1. The molecule has 1 aromatic carbocycles. The van der Waals surface area contributed by atoms with Crippen molar-refractivity contribution in [2.24, 2.45) is 0 Å². The van der Waals surface area contributed by atoms with Gasteiger partial charge in [-0.05, 0) is 43.9 Å². The Balaban J connectivity index is 1.75. The predicted octanol–water partition coefficient (Wildman–Crippen LogP) is 3.83. The second kappa shape index (κ2) is 8.35. The van der Waals surface area contributed by atoms with Gasteiger partial charge in [-0.2, -0.15) is 0 Å². The van der Waals surface area contributed by atoms with Gasteiger partial charge in [0.2, 0.25) is 5.91 Å². The van der Waals surface area contributed by atoms with E-state index >= 15 is 0 Å². The van der Waals surface area contributed by atoms with Crippen LogP contribution in [0.3, 0.4) is 0 Å². The van der Waals surface area contributed by atoms with Gasteiger partial charge in [-0.25, -0.2) is 0 Å². The smallest absolute Gasteiger partial charge is 0.250 e. The molecular weight excluding hydrogens is 324 g/mol. The molecule has 3 rings (SSSR count). The van der Waals surface area contributed by atoms with E-state index in [9.17, 15) is 9.59 Å². The number of aryl methyl sites for hydroxylation is 2. The van der Waals surface area contributed by atoms with Gasteiger partial charge in [-0.1, -0.05) is 43.2 Å². The summed E-state index contributed by atoms with van der Waals surface area (Å²) in [5, 5.41) is 0. The van der Waals surface area contributed by atoms with Crippen molar-refractivity contribution in [2.75, 3.05) is 0 Å². The molecule has 1 fully saturated rings. The van der Waals surface area contributed by atoms with Crippen molar-refractivity contribution in [3.63, 3.8) is 0 Å². The first-order valence-electron chi connectivity index (χ1n) is 9.56. The maximum Gasteiger partial charge on any atom is 0.250 e. The average Bonchev–Trinajstić information content (AvgIpc) is 3.14. The van der Waals surface area contributed by atoms with Crippen LogP contribution in [0.15, 0.2) is 47.3 Å². The molecule has 0 aliphatic heterocycles. The van der Waals surface area contributed by atoms with Gasteiger partial charge in [-0.3, -0.25) is 9.59 Å². The van der Waals surface area contributed by atoms with Crippen molar-refractivity contribution in [2.45, 2.75) is 65.1 Å². The number of rotatable bonds is 6. The van der Waals surface area contributed by atoms with E-state index in [1.54, 1.807) is 16.7 Å². The monoisotopic (exact) mass is 352 g/mol. The minimum Gasteiger partial charge on any atom is -0.335 e. The Morgan fingerprint density at radius 3 is 2.50 bits per heavy atom. The molecule has 0 spiro atoms. The molecule has 4 heteroatoms. The summed E-state index contributed by atoms with van der Waals surface area (Å²) in [5.41, 5.74) is 3.29. The summed E-state index contributed by atoms with van der Waals surface area (Å²) in [7, 11) is 0. The van der Waals surface area contributed by atoms with E-state index in [1.165, 1.54) is 24.0 Å². The second-order valence-electron chi connectivity index (χ2n) is 7.29. The van der Waals surface area contributed by atoms with Crippen LogP contribution >= 0.6 is 0 Å². The fraction of sp³-hybridized carbons (Fsp3) is 0.455. The van der Waals surface area contributed by atoms with E-state index in [2.05, 4.69) is 24.0 Å². The largest absolute Gasteiger partial charge is 0.335 e. The van der Waals surface area contributed by atoms with Gasteiger partial charge in [0.15, 0.2) is 0 Å². The van der Waals surface area contributed by atoms with E-state index in [-0.39, 0.29) is 11.5 Å². The van der Waals surface area contributed by atoms with Crippen LogP contribution in [0.1, 0.15) is 48.9 Å². The van der Waals surface area contributed by atoms with E-state index in [4.69, 9.17) is 0 Å². The number of hydrogen-bond acceptors (Lipinski definition) is 2. The number of hydrogen-bond donors (Lipinski definition) is 0. The maximum absolute atomic E-state index is 13.1. The van der Waals surface area contributed by atoms with Crippen molar-refractivity contribution in [3.05, 3.63) is 69.6 Å². The van der Waals surface area contributed by atoms with Crippen molar-refractivity contribution in [3.8, 4) is 0 Å². The van der Waals surface area contributed by atoms with Crippen LogP contribution in [0.5, 0.6) is 0 Å². The van der Waals surface area contributed by atoms with Crippen LogP contribution in [-0.2, 0) is 17.9 Å². The van der Waals surface area contributed by atoms with Crippen molar-refractivity contribution < 1.29 is 4.79 Å². The third kappa shape index (κ3) is 4.24. The third-order valence-electron chi connectivity index (χ3n) is 5.51. The van der Waals surface area contributed by atoms with Crippen LogP contribution in [0.4, 0.5) is 0 Å². The molecule has 0 atom stereocenters. The molecule has 1 amide bonds. The van der Waals surface area contributed by atoms with E-state index in [0.717, 1.165) is 18.5 Å². The Kier molecular flexibility index (Phi) is 5.92. The lowest BCUT2D eigenvalue weighted by molar-refractivity contribution is -0.134. The molecule has 0 N–H and O–H groups in total. The molecule has 1 aliphatic carbocycles. The zero-order valence-electron chi connectivity index (χ0n) is 15.8. The zero-order chi connectivity index (χ0) is 18.5. The highest BCUT2D eigenvalue weighted by Crippen LogP contribution is 2.26. The molecule has 138 valence electrons. The minimum atomic E-state index is -0.0379. The highest BCUT2D eigenvalue weighted by Gasteiger charge is 2.27. The molecule has 2 aromatic rings. The lowest BCUT2D eigenvalue weighted by atomic mass is 10.1. The van der Waals surface area contributed by atoms with E-state index in [1.807, 2.05) is 25.1 Å². The lowest BCUT2D eigenvalue weighted by Crippen LogP contribution is -2.39. The molecule has 1 aliphatic rings. The molecule has 0 unspecified atom stereocenters. The first kappa shape index (κ1) is 18.4. The quantitative estimate of drug-likeness (QED) is 0.793. The summed E-state index contributed by atoms with van der Waals surface area (Å²) in [4.78, 5) is 27.2. The Morgan fingerprint density at radius 2 is 1.81 bits per heavy atom. The molecule has 1 heterocycles. The Morgan fingerprint density at radius 1 is 1.08 bits per heavy atom. The molecule has 0 saturated heterocycles. The van der Waals surface area contributed by atoms with Gasteiger partial charge in [0.05, 0.1) is 0 Å². The first-order valence-corrected chi connectivity index (χ1v) is 9.56. The molecule has 26 heavy (non-hydrogen) atoms. The fourth-order valence-electron chi connectivity index (χ4n) is 3.87. The third-order valence-corrected chi connectivity index (χ3v) is 5.51. The van der Waals surface area contributed by atoms with Gasteiger partial charge >= 0.3 is 0 Å². The molecule has 1 saturated carbocycles. The maximum atomic E-state index is 13.1. The zero-order valence-corrected chi connectivity index (χ0v) is 15.8. The van der Waals surface area contributed by atoms with Crippen LogP contribution in [0.25, 0.3) is 0 Å². The Hall–Kier alpha value is -2.36. The van der Waals surface area contributed by atoms with Gasteiger partial charge < -0.3 is 9.47 Å². The number of pyridine rings is 1. The molecule has 4 nitrogen and oxygen atoms in total. The fourth-order valence-corrected chi connectivity index (χ4v) is 3.87. The number of nitrogens with zero attached hydrogens (tertiary/aromatic N) is 2. The summed E-state index contributed by atoms with van der Waals surface area (Å²) >= 11 is 0. The first-order chi connectivity index (χ1) is 12.6. The van der Waals surface area contributed by atoms with Crippen molar-refractivity contribution in [1.82, 2.24) is 9.47 Å². The van der Waals surface area contributed by atoms with Gasteiger partial charge in [-0.15, -0.1) is 0 Å². The van der Waals surface area contributed by atoms with Gasteiger partial charge in [0.1, 0.15) is 0 Å². The lowest BCUT2D eigenvalue weighted by Gasteiger charge is -2.30. The molecule has 0 radical (unpaired) electrons. The second-order valence-corrected chi connectivity index (χ2v) is 7.29. The number of benzene rings is 1. The SMILES string of the molecule is Cc1ccccc1CN(C(=O)CCn1c(C)cccc1=O)C1CCCC1. The normalized spacial score (nSPS) is 14.5. The van der Waals surface area contributed by atoms with E-state index in [0.29, 0.717) is 25.6 Å². The van der Waals surface area contributed by atoms with Crippen LogP contribution < -0.4 is 5.56 Å². The summed E-state index contributed by atoms with van der Waals surface area (Å²) in [6, 6.07) is 13.8. The van der Waals surface area contributed by atoms with Crippen LogP contribution in [-0.4, -0.2) is 21.4 Å². The predicted molar refractivity (Wildman–Crippen MR) is 104 cm³/mol. The summed E-state index contributed by atoms with van der Waals surface area (Å²) in [5.74, 6) is 0.148. The van der Waals surface area contributed by atoms with Crippen molar-refractivity contribution in [1.29, 1.82) is 0 Å². The van der Waals surface area contributed by atoms with Gasteiger partial charge in [0, 0.05) is 37.3 Å². The number of aromatic nitrogens is 1. The Bertz CT molecular complexity index is 819. The molecule has 1 aromatic heterocycles. The standard InChI is InChI=1S/C22H28N2O2/c1-17-8-3-4-10-19(17)16-24(20-11-5-6-12-20)22(26)14-15-23-18(2)9-7-13-21(23)25/h3-4,7-10,13,20H,5-6,11-12,14-16H2,1-2H3. The summed E-state index contributed by atoms with van der Waals surface area (Å²) < 4.78 is 1.69. The summed E-state index contributed by atoms with van der Waals surface area (Å²) in [6.45, 7) is 5.12. The van der Waals surface area contributed by atoms with Crippen molar-refractivity contribution >= 4 is 5.91 Å². The average molecular weight is 352 g/mol. The molecular formula is C22H28N2O2. The van der Waals surface area contributed by atoms with Crippen LogP contribution in [0, 0.1) is 13.8 Å². The topological polar surface area (TPSA) is 42.3 Å². The van der Waals surface area contributed by atoms with Crippen LogP contribution in [0.2, 0.25) is 0 Å². The molecule has 0 bridgehead atoms. The Labute approximate surface area is 155 Å². The number of carbonyl (C=O) groups excluding carboxylic acids is 1. The summed E-state index contributed by atoms with van der Waals surface area (Å²) in [6.07, 6.45) is 4.93. The number of amides is 1. The van der Waals surface area contributed by atoms with E-state index < -0.39 is 0 Å². The highest BCUT2D eigenvalue weighted by atomic mass is 16.2. The highest BCUT2D eigenvalue weighted by molar-refractivity contribution is 5.76.